The van der Waals surface area contributed by atoms with Crippen LogP contribution in [0.5, 0.6) is 11.5 Å². The van der Waals surface area contributed by atoms with Crippen molar-refractivity contribution in [1.29, 1.82) is 0 Å². The van der Waals surface area contributed by atoms with Crippen LogP contribution < -0.4 is 20.3 Å². The number of amides is 2. The Balaban J connectivity index is 1.39. The number of aromatic nitrogens is 1. The Hall–Kier alpha value is -3.05. The molecule has 2 aliphatic heterocycles. The topological polar surface area (TPSA) is 119 Å². The lowest BCUT2D eigenvalue weighted by Gasteiger charge is -2.26. The highest BCUT2D eigenvalue weighted by atomic mass is 79.9. The van der Waals surface area contributed by atoms with Gasteiger partial charge in [0.1, 0.15) is 12.2 Å². The number of carbonyl (C=O) groups excluding carboxylic acids is 2. The number of H-pyrrole nitrogens is 1. The molecule has 11 heteroatoms. The summed E-state index contributed by atoms with van der Waals surface area (Å²) in [6.45, 7) is 13.9. The summed E-state index contributed by atoms with van der Waals surface area (Å²) in [6, 6.07) is 3.55. The van der Waals surface area contributed by atoms with Crippen LogP contribution >= 0.6 is 15.9 Å². The standard InChI is InChI=1S/C28H36BrN3O7/c1-15-10-16(2)31-25(34)20(15)12-30-24(33)19-11-21(29)23-22(17(19)3)37-28(7,38-23)14-36-18-8-9-32(13-18)26(35)39-27(4,5)6/h10-11,18H,8-9,12-14H2,1-7H3,(H,30,33)(H,31,34)/t18-,28+/m0/s1. The van der Waals surface area contributed by atoms with Crippen LogP contribution in [-0.4, -0.2) is 59.1 Å². The largest absolute Gasteiger partial charge is 0.446 e. The van der Waals surface area contributed by atoms with Gasteiger partial charge in [0.05, 0.1) is 17.1 Å². The van der Waals surface area contributed by atoms with E-state index in [2.05, 4.69) is 26.2 Å². The zero-order valence-corrected chi connectivity index (χ0v) is 25.0. The van der Waals surface area contributed by atoms with Gasteiger partial charge in [0, 0.05) is 42.4 Å². The van der Waals surface area contributed by atoms with E-state index >= 15 is 0 Å². The van der Waals surface area contributed by atoms with E-state index in [1.807, 2.05) is 40.7 Å². The lowest BCUT2D eigenvalue weighted by atomic mass is 10.1. The van der Waals surface area contributed by atoms with E-state index in [0.717, 1.165) is 11.3 Å². The number of rotatable bonds is 6. The van der Waals surface area contributed by atoms with Crippen molar-refractivity contribution in [2.24, 2.45) is 0 Å². The van der Waals surface area contributed by atoms with Crippen LogP contribution in [0.15, 0.2) is 21.4 Å². The molecular weight excluding hydrogens is 570 g/mol. The molecule has 2 aromatic rings. The Morgan fingerprint density at radius 1 is 1.21 bits per heavy atom. The number of nitrogens with zero attached hydrogens (tertiary/aromatic N) is 1. The number of halogens is 1. The summed E-state index contributed by atoms with van der Waals surface area (Å²) in [5, 5.41) is 2.84. The normalized spacial score (nSPS) is 20.3. The number of nitrogens with one attached hydrogen (secondary N) is 2. The third-order valence-corrected chi connectivity index (χ3v) is 7.21. The fraction of sp³-hybridized carbons (Fsp3) is 0.536. The first-order chi connectivity index (χ1) is 18.2. The molecule has 2 N–H and O–H groups in total. The molecule has 0 radical (unpaired) electrons. The molecule has 10 nitrogen and oxygen atoms in total. The molecule has 39 heavy (non-hydrogen) atoms. The first kappa shape index (κ1) is 28.9. The summed E-state index contributed by atoms with van der Waals surface area (Å²) < 4.78 is 24.4. The van der Waals surface area contributed by atoms with Crippen molar-refractivity contribution in [2.45, 2.75) is 78.9 Å². The molecular formula is C28H36BrN3O7. The molecule has 2 amide bonds. The van der Waals surface area contributed by atoms with Gasteiger partial charge in [0.2, 0.25) is 0 Å². The van der Waals surface area contributed by atoms with Crippen molar-refractivity contribution in [3.05, 3.63) is 54.9 Å². The second kappa shape index (κ2) is 10.8. The zero-order chi connectivity index (χ0) is 28.7. The number of carbonyl (C=O) groups is 2. The van der Waals surface area contributed by atoms with E-state index in [1.54, 1.807) is 24.8 Å². The van der Waals surface area contributed by atoms with Gasteiger partial charge in [-0.25, -0.2) is 4.79 Å². The lowest BCUT2D eigenvalue weighted by Crippen LogP contribution is -2.42. The van der Waals surface area contributed by atoms with Gasteiger partial charge in [-0.2, -0.15) is 0 Å². The molecule has 4 rings (SSSR count). The maximum absolute atomic E-state index is 13.1. The van der Waals surface area contributed by atoms with Crippen molar-refractivity contribution in [3.63, 3.8) is 0 Å². The predicted octanol–water partition coefficient (Wildman–Crippen LogP) is 4.51. The van der Waals surface area contributed by atoms with Crippen molar-refractivity contribution >= 4 is 27.9 Å². The van der Waals surface area contributed by atoms with Crippen LogP contribution in [0.1, 0.15) is 66.9 Å². The van der Waals surface area contributed by atoms with E-state index < -0.39 is 11.4 Å². The van der Waals surface area contributed by atoms with Crippen molar-refractivity contribution in [2.75, 3.05) is 19.7 Å². The number of ether oxygens (including phenoxy) is 4. The highest BCUT2D eigenvalue weighted by molar-refractivity contribution is 9.10. The Labute approximate surface area is 236 Å². The second-order valence-corrected chi connectivity index (χ2v) is 12.2. The highest BCUT2D eigenvalue weighted by Gasteiger charge is 2.42. The molecule has 2 aliphatic rings. The molecule has 1 aromatic heterocycles. The van der Waals surface area contributed by atoms with Crippen LogP contribution in [0.2, 0.25) is 0 Å². The Morgan fingerprint density at radius 3 is 2.56 bits per heavy atom. The molecule has 0 aliphatic carbocycles. The number of aromatic amines is 1. The molecule has 1 saturated heterocycles. The Morgan fingerprint density at radius 2 is 1.90 bits per heavy atom. The number of hydrogen-bond donors (Lipinski definition) is 2. The first-order valence-corrected chi connectivity index (χ1v) is 13.7. The summed E-state index contributed by atoms with van der Waals surface area (Å²) in [6.07, 6.45) is 0.149. The van der Waals surface area contributed by atoms with E-state index in [4.69, 9.17) is 18.9 Å². The van der Waals surface area contributed by atoms with Crippen LogP contribution in [0.25, 0.3) is 0 Å². The van der Waals surface area contributed by atoms with Gasteiger partial charge in [-0.1, -0.05) is 0 Å². The van der Waals surface area contributed by atoms with Crippen molar-refractivity contribution in [3.8, 4) is 11.5 Å². The Bertz CT molecular complexity index is 1350. The highest BCUT2D eigenvalue weighted by Crippen LogP contribution is 2.48. The SMILES string of the molecule is Cc1cc(C)c(CNC(=O)c2cc(Br)c3c(c2C)O[C@@](C)(CO[C@H]2CCN(C(=O)OC(C)(C)C)C2)O3)c(=O)[nH]1. The maximum atomic E-state index is 13.1. The molecule has 0 unspecified atom stereocenters. The minimum Gasteiger partial charge on any atom is -0.446 e. The van der Waals surface area contributed by atoms with Gasteiger partial charge < -0.3 is 34.1 Å². The molecule has 1 aromatic carbocycles. The molecule has 0 saturated carbocycles. The van der Waals surface area contributed by atoms with Crippen LogP contribution in [0.3, 0.4) is 0 Å². The number of hydrogen-bond acceptors (Lipinski definition) is 7. The van der Waals surface area contributed by atoms with Gasteiger partial charge in [-0.15, -0.1) is 0 Å². The minimum atomic E-state index is -1.11. The van der Waals surface area contributed by atoms with Crippen molar-refractivity contribution < 1.29 is 28.5 Å². The van der Waals surface area contributed by atoms with E-state index in [9.17, 15) is 14.4 Å². The van der Waals surface area contributed by atoms with E-state index in [-0.39, 0.29) is 36.8 Å². The molecule has 212 valence electrons. The first-order valence-electron chi connectivity index (χ1n) is 12.9. The van der Waals surface area contributed by atoms with E-state index in [0.29, 0.717) is 52.2 Å². The smallest absolute Gasteiger partial charge is 0.410 e. The van der Waals surface area contributed by atoms with Gasteiger partial charge in [-0.05, 0) is 81.6 Å². The number of likely N-dealkylation sites (tertiary alicyclic amines) is 1. The lowest BCUT2D eigenvalue weighted by molar-refractivity contribution is -0.132. The van der Waals surface area contributed by atoms with Gasteiger partial charge in [0.25, 0.3) is 17.3 Å². The summed E-state index contributed by atoms with van der Waals surface area (Å²) in [7, 11) is 0. The average Bonchev–Trinajstić information content (AvgIpc) is 3.44. The van der Waals surface area contributed by atoms with Crippen LogP contribution in [0, 0.1) is 20.8 Å². The van der Waals surface area contributed by atoms with Gasteiger partial charge in [-0.3, -0.25) is 9.59 Å². The molecule has 3 heterocycles. The fourth-order valence-electron chi connectivity index (χ4n) is 4.66. The minimum absolute atomic E-state index is 0.0963. The number of pyridine rings is 1. The monoisotopic (exact) mass is 605 g/mol. The molecule has 1 fully saturated rings. The third-order valence-electron chi connectivity index (χ3n) is 6.62. The van der Waals surface area contributed by atoms with Crippen molar-refractivity contribution in [1.82, 2.24) is 15.2 Å². The molecule has 0 spiro atoms. The van der Waals surface area contributed by atoms with Crippen LogP contribution in [-0.2, 0) is 16.0 Å². The summed E-state index contributed by atoms with van der Waals surface area (Å²) in [4.78, 5) is 42.2. The maximum Gasteiger partial charge on any atom is 0.410 e. The summed E-state index contributed by atoms with van der Waals surface area (Å²) >= 11 is 3.51. The predicted molar refractivity (Wildman–Crippen MR) is 148 cm³/mol. The molecule has 0 bridgehead atoms. The molecule has 2 atom stereocenters. The van der Waals surface area contributed by atoms with Crippen LogP contribution in [0.4, 0.5) is 4.79 Å². The number of aryl methyl sites for hydroxylation is 2. The quantitative estimate of drug-likeness (QED) is 0.497. The zero-order valence-electron chi connectivity index (χ0n) is 23.5. The Kier molecular flexibility index (Phi) is 8.05. The second-order valence-electron chi connectivity index (χ2n) is 11.3. The summed E-state index contributed by atoms with van der Waals surface area (Å²) in [5.74, 6) is -0.511. The third kappa shape index (κ3) is 6.58. The number of fused-ring (bicyclic) bond motifs is 1. The van der Waals surface area contributed by atoms with E-state index in [1.165, 1.54) is 0 Å². The van der Waals surface area contributed by atoms with Gasteiger partial charge in [0.15, 0.2) is 11.5 Å². The summed E-state index contributed by atoms with van der Waals surface area (Å²) in [5.41, 5.74) is 2.33. The average molecular weight is 607 g/mol. The van der Waals surface area contributed by atoms with Gasteiger partial charge >= 0.3 is 6.09 Å². The number of benzene rings is 1. The fourth-order valence-corrected chi connectivity index (χ4v) is 5.15.